The average molecular weight is 415 g/mol. The fourth-order valence-electron chi connectivity index (χ4n) is 3.54. The number of carboxylic acids is 1. The van der Waals surface area contributed by atoms with E-state index in [-0.39, 0.29) is 5.63 Å². The van der Waals surface area contributed by atoms with E-state index < -0.39 is 37.0 Å². The highest BCUT2D eigenvalue weighted by molar-refractivity contribution is 5.89. The minimum Gasteiger partial charge on any atom is -0.548 e. The maximum Gasteiger partial charge on any atom is 0.339 e. The van der Waals surface area contributed by atoms with Crippen LogP contribution in [0.4, 0.5) is 0 Å². The molecule has 1 aliphatic rings. The van der Waals surface area contributed by atoms with Gasteiger partial charge in [-0.1, -0.05) is 0 Å². The summed E-state index contributed by atoms with van der Waals surface area (Å²) < 4.78 is 11.3. The molecule has 0 unspecified atom stereocenters. The Morgan fingerprint density at radius 1 is 1.13 bits per heavy atom. The molecule has 1 aliphatic carbocycles. The minimum atomic E-state index is -1.42. The van der Waals surface area contributed by atoms with Crippen molar-refractivity contribution in [3.05, 3.63) is 39.2 Å². The van der Waals surface area contributed by atoms with Crippen molar-refractivity contribution in [2.45, 2.75) is 45.6 Å². The number of fused-ring (bicyclic) bond motifs is 3. The molecule has 30 heavy (non-hydrogen) atoms. The first-order chi connectivity index (χ1) is 14.3. The fourth-order valence-corrected chi connectivity index (χ4v) is 3.54. The highest BCUT2D eigenvalue weighted by Crippen LogP contribution is 2.32. The third kappa shape index (κ3) is 4.61. The van der Waals surface area contributed by atoms with Crippen LogP contribution in [-0.2, 0) is 27.2 Å². The molecule has 0 aliphatic heterocycles. The summed E-state index contributed by atoms with van der Waals surface area (Å²) in [5.74, 6) is -2.24. The maximum atomic E-state index is 12.4. The zero-order chi connectivity index (χ0) is 21.8. The number of hydrogen-bond donors (Lipinski definition) is 2. The molecule has 1 atom stereocenters. The molecule has 1 aromatic heterocycles. The molecule has 2 N–H and O–H groups in total. The quantitative estimate of drug-likeness (QED) is 0.594. The average Bonchev–Trinajstić information content (AvgIpc) is 2.73. The largest absolute Gasteiger partial charge is 0.548 e. The summed E-state index contributed by atoms with van der Waals surface area (Å²) >= 11 is 0. The molecule has 0 saturated carbocycles. The van der Waals surface area contributed by atoms with Crippen molar-refractivity contribution in [3.8, 4) is 5.75 Å². The molecular formula is C21H23N2O7-. The summed E-state index contributed by atoms with van der Waals surface area (Å²) in [5.41, 5.74) is 2.50. The molecule has 9 heteroatoms. The fraction of sp³-hybridized carbons (Fsp3) is 0.429. The first-order valence-electron chi connectivity index (χ1n) is 9.77. The van der Waals surface area contributed by atoms with Gasteiger partial charge in [0.2, 0.25) is 5.91 Å². The molecule has 0 saturated heterocycles. The van der Waals surface area contributed by atoms with Crippen molar-refractivity contribution in [2.75, 3.05) is 13.1 Å². The van der Waals surface area contributed by atoms with Gasteiger partial charge in [0, 0.05) is 16.5 Å². The van der Waals surface area contributed by atoms with E-state index in [2.05, 4.69) is 10.6 Å². The van der Waals surface area contributed by atoms with Crippen LogP contribution in [0.5, 0.6) is 5.75 Å². The Hall–Kier alpha value is -3.36. The minimum absolute atomic E-state index is 0.328. The van der Waals surface area contributed by atoms with E-state index in [0.29, 0.717) is 16.9 Å². The van der Waals surface area contributed by atoms with Crippen LogP contribution in [0.2, 0.25) is 0 Å². The summed E-state index contributed by atoms with van der Waals surface area (Å²) in [6, 6.07) is 3.58. The monoisotopic (exact) mass is 415 g/mol. The van der Waals surface area contributed by atoms with Crippen LogP contribution in [-0.4, -0.2) is 37.0 Å². The van der Waals surface area contributed by atoms with Crippen LogP contribution in [0.1, 0.15) is 36.5 Å². The topological polar surface area (TPSA) is 138 Å². The van der Waals surface area contributed by atoms with Crippen LogP contribution in [0.25, 0.3) is 11.0 Å². The molecule has 160 valence electrons. The molecule has 3 rings (SSSR count). The Labute approximate surface area is 172 Å². The van der Waals surface area contributed by atoms with E-state index in [1.165, 1.54) is 6.92 Å². The number of rotatable bonds is 7. The van der Waals surface area contributed by atoms with Crippen LogP contribution in [0, 0.1) is 6.92 Å². The molecule has 1 heterocycles. The van der Waals surface area contributed by atoms with Gasteiger partial charge in [0.1, 0.15) is 11.3 Å². The van der Waals surface area contributed by atoms with Gasteiger partial charge in [0.05, 0.1) is 19.1 Å². The lowest BCUT2D eigenvalue weighted by Crippen LogP contribution is -2.45. The van der Waals surface area contributed by atoms with Crippen molar-refractivity contribution >= 4 is 28.8 Å². The van der Waals surface area contributed by atoms with Crippen molar-refractivity contribution in [1.82, 2.24) is 10.6 Å². The van der Waals surface area contributed by atoms with Gasteiger partial charge in [-0.2, -0.15) is 0 Å². The lowest BCUT2D eigenvalue weighted by molar-refractivity contribution is -0.304. The number of amides is 2. The Morgan fingerprint density at radius 2 is 1.83 bits per heavy atom. The number of carboxylic acid groups (broad SMARTS) is 1. The molecule has 2 amide bonds. The van der Waals surface area contributed by atoms with Crippen LogP contribution in [0.3, 0.4) is 0 Å². The molecule has 0 radical (unpaired) electrons. The second-order valence-corrected chi connectivity index (χ2v) is 7.25. The van der Waals surface area contributed by atoms with E-state index in [9.17, 15) is 24.3 Å². The second-order valence-electron chi connectivity index (χ2n) is 7.25. The van der Waals surface area contributed by atoms with Gasteiger partial charge in [-0.15, -0.1) is 0 Å². The summed E-state index contributed by atoms with van der Waals surface area (Å²) in [6.07, 6.45) is 2.62. The SMILES string of the molecule is Cc1c(O[C@H](C)C(=O)NCC(=O)NCC(=O)[O-])ccc2c3c(c(=O)oc12)CCCC3. The van der Waals surface area contributed by atoms with E-state index in [1.54, 1.807) is 13.0 Å². The normalized spacial score (nSPS) is 13.9. The van der Waals surface area contributed by atoms with Gasteiger partial charge in [-0.3, -0.25) is 9.59 Å². The van der Waals surface area contributed by atoms with Crippen molar-refractivity contribution in [3.63, 3.8) is 0 Å². The molecule has 9 nitrogen and oxygen atoms in total. The lowest BCUT2D eigenvalue weighted by Gasteiger charge is -2.19. The number of nitrogens with one attached hydrogen (secondary N) is 2. The van der Waals surface area contributed by atoms with Crippen LogP contribution >= 0.6 is 0 Å². The van der Waals surface area contributed by atoms with E-state index in [1.807, 2.05) is 6.07 Å². The van der Waals surface area contributed by atoms with Gasteiger partial charge >= 0.3 is 5.63 Å². The highest BCUT2D eigenvalue weighted by Gasteiger charge is 2.22. The van der Waals surface area contributed by atoms with E-state index >= 15 is 0 Å². The molecule has 2 aromatic rings. The number of carbonyl (C=O) groups excluding carboxylic acids is 3. The van der Waals surface area contributed by atoms with Gasteiger partial charge in [-0.25, -0.2) is 4.79 Å². The van der Waals surface area contributed by atoms with Gasteiger partial charge < -0.3 is 29.7 Å². The Morgan fingerprint density at radius 3 is 2.53 bits per heavy atom. The number of aryl methyl sites for hydroxylation is 2. The third-order valence-electron chi connectivity index (χ3n) is 5.12. The Balaban J connectivity index is 1.72. The van der Waals surface area contributed by atoms with Crippen LogP contribution in [0.15, 0.2) is 21.3 Å². The second kappa shape index (κ2) is 8.98. The highest BCUT2D eigenvalue weighted by atomic mass is 16.5. The predicted octanol–water partition coefficient (Wildman–Crippen LogP) is -0.270. The molecule has 0 bridgehead atoms. The molecule has 0 spiro atoms. The summed E-state index contributed by atoms with van der Waals surface area (Å²) in [4.78, 5) is 46.4. The van der Waals surface area contributed by atoms with Crippen LogP contribution < -0.4 is 26.1 Å². The Bertz CT molecular complexity index is 1060. The zero-order valence-corrected chi connectivity index (χ0v) is 16.8. The molecule has 0 fully saturated rings. The van der Waals surface area contributed by atoms with E-state index in [0.717, 1.165) is 42.2 Å². The summed E-state index contributed by atoms with van der Waals surface area (Å²) in [6.45, 7) is 2.25. The first-order valence-corrected chi connectivity index (χ1v) is 9.77. The first kappa shape index (κ1) is 21.4. The van der Waals surface area contributed by atoms with E-state index in [4.69, 9.17) is 9.15 Å². The standard InChI is InChI=1S/C21H24N2O7/c1-11-16(29-12(2)20(27)23-9-17(24)22-10-18(25)26)8-7-14-13-5-3-4-6-15(13)21(28)30-19(11)14/h7-8,12H,3-6,9-10H2,1-2H3,(H,22,24)(H,23,27)(H,25,26)/p-1/t12-/m1/s1. The third-order valence-corrected chi connectivity index (χ3v) is 5.12. The summed E-state index contributed by atoms with van der Waals surface area (Å²) in [5, 5.41) is 15.7. The lowest BCUT2D eigenvalue weighted by atomic mass is 9.90. The van der Waals surface area contributed by atoms with Crippen molar-refractivity contribution in [1.29, 1.82) is 0 Å². The van der Waals surface area contributed by atoms with Gasteiger partial charge in [0.25, 0.3) is 5.91 Å². The van der Waals surface area contributed by atoms with Crippen molar-refractivity contribution < 1.29 is 28.6 Å². The molecular weight excluding hydrogens is 392 g/mol. The summed E-state index contributed by atoms with van der Waals surface area (Å²) in [7, 11) is 0. The number of aliphatic carboxylic acids is 1. The zero-order valence-electron chi connectivity index (χ0n) is 16.8. The Kier molecular flexibility index (Phi) is 6.39. The number of hydrogen-bond acceptors (Lipinski definition) is 7. The number of benzene rings is 1. The van der Waals surface area contributed by atoms with Gasteiger partial charge in [0.15, 0.2) is 6.10 Å². The number of ether oxygens (including phenoxy) is 1. The van der Waals surface area contributed by atoms with Crippen molar-refractivity contribution in [2.24, 2.45) is 0 Å². The van der Waals surface area contributed by atoms with Gasteiger partial charge in [-0.05, 0) is 57.2 Å². The maximum absolute atomic E-state index is 12.4. The smallest absolute Gasteiger partial charge is 0.339 e. The number of carbonyl (C=O) groups is 3. The predicted molar refractivity (Wildman–Crippen MR) is 105 cm³/mol. The molecule has 1 aromatic carbocycles.